The molecule has 0 unspecified atom stereocenters. The molecule has 0 amide bonds. The van der Waals surface area contributed by atoms with E-state index in [2.05, 4.69) is 38.5 Å². The van der Waals surface area contributed by atoms with Gasteiger partial charge in [0.25, 0.3) is 0 Å². The van der Waals surface area contributed by atoms with Crippen LogP contribution in [0.3, 0.4) is 0 Å². The summed E-state index contributed by atoms with van der Waals surface area (Å²) in [6.07, 6.45) is 3.07. The van der Waals surface area contributed by atoms with Crippen molar-refractivity contribution in [3.05, 3.63) is 71.0 Å². The van der Waals surface area contributed by atoms with E-state index in [1.165, 1.54) is 23.3 Å². The summed E-state index contributed by atoms with van der Waals surface area (Å²) in [6, 6.07) is 12.1. The molecule has 9 heteroatoms. The molecule has 4 aromatic rings. The molecule has 5 rings (SSSR count). The van der Waals surface area contributed by atoms with Gasteiger partial charge in [-0.3, -0.25) is 0 Å². The molecule has 6 nitrogen and oxygen atoms in total. The van der Waals surface area contributed by atoms with Crippen LogP contribution in [0.25, 0.3) is 22.6 Å². The lowest BCUT2D eigenvalue weighted by Gasteiger charge is -2.19. The minimum absolute atomic E-state index is 0.249. The smallest absolute Gasteiger partial charge is 0.191 e. The molecule has 1 aliphatic heterocycles. The van der Waals surface area contributed by atoms with E-state index in [4.69, 9.17) is 4.52 Å². The molecule has 0 aliphatic carbocycles. The van der Waals surface area contributed by atoms with Crippen molar-refractivity contribution in [2.75, 3.05) is 25.4 Å². The highest BCUT2D eigenvalue weighted by atomic mass is 32.2. The number of hydrogen-bond acceptors (Lipinski definition) is 6. The average Bonchev–Trinajstić information content (AvgIpc) is 3.37. The monoisotopic (exact) mass is 495 g/mol. The van der Waals surface area contributed by atoms with Gasteiger partial charge in [0.05, 0.1) is 5.56 Å². The molecular formula is C26H27F2N5OS. The third-order valence-electron chi connectivity index (χ3n) is 6.38. The first-order valence-corrected chi connectivity index (χ1v) is 12.7. The topological polar surface area (TPSA) is 60.0 Å². The van der Waals surface area contributed by atoms with Crippen molar-refractivity contribution in [3.8, 4) is 22.6 Å². The van der Waals surface area contributed by atoms with Crippen LogP contribution in [0.15, 0.2) is 52.1 Å². The third kappa shape index (κ3) is 5.31. The molecule has 1 aliphatic rings. The maximum absolute atomic E-state index is 14.1. The molecule has 0 spiro atoms. The number of hydrogen-bond donors (Lipinski definition) is 0. The maximum atomic E-state index is 14.1. The van der Waals surface area contributed by atoms with Crippen molar-refractivity contribution in [3.63, 3.8) is 0 Å². The fourth-order valence-corrected chi connectivity index (χ4v) is 5.29. The summed E-state index contributed by atoms with van der Waals surface area (Å²) in [5, 5.41) is 13.2. The van der Waals surface area contributed by atoms with E-state index in [0.29, 0.717) is 5.82 Å². The molecular weight excluding hydrogens is 468 g/mol. The van der Waals surface area contributed by atoms with Crippen LogP contribution in [0.4, 0.5) is 8.78 Å². The van der Waals surface area contributed by atoms with Crippen LogP contribution in [-0.2, 0) is 19.9 Å². The van der Waals surface area contributed by atoms with Gasteiger partial charge >= 0.3 is 0 Å². The van der Waals surface area contributed by atoms with E-state index in [1.54, 1.807) is 23.4 Å². The Morgan fingerprint density at radius 3 is 2.60 bits per heavy atom. The fourth-order valence-electron chi connectivity index (χ4n) is 4.45. The molecule has 0 fully saturated rings. The molecule has 0 saturated carbocycles. The molecule has 3 heterocycles. The first-order valence-electron chi connectivity index (χ1n) is 11.7. The van der Waals surface area contributed by atoms with Gasteiger partial charge in [0, 0.05) is 43.6 Å². The first kappa shape index (κ1) is 23.7. The van der Waals surface area contributed by atoms with Crippen molar-refractivity contribution in [1.82, 2.24) is 24.8 Å². The molecule has 35 heavy (non-hydrogen) atoms. The van der Waals surface area contributed by atoms with Crippen LogP contribution in [-0.4, -0.2) is 50.2 Å². The number of rotatable bonds is 7. The minimum Gasteiger partial charge on any atom is -0.361 e. The molecule has 2 aromatic heterocycles. The number of nitrogens with zero attached hydrogens (tertiary/aromatic N) is 5. The summed E-state index contributed by atoms with van der Waals surface area (Å²) in [5.41, 5.74) is 5.04. The van der Waals surface area contributed by atoms with Crippen LogP contribution >= 0.6 is 11.8 Å². The predicted octanol–water partition coefficient (Wildman–Crippen LogP) is 5.31. The molecule has 2 aromatic carbocycles. The third-order valence-corrected chi connectivity index (χ3v) is 7.49. The normalized spacial score (nSPS) is 14.2. The summed E-state index contributed by atoms with van der Waals surface area (Å²) in [5.74, 6) is 0.860. The van der Waals surface area contributed by atoms with Gasteiger partial charge in [-0.2, -0.15) is 0 Å². The predicted molar refractivity (Wildman–Crippen MR) is 132 cm³/mol. The van der Waals surface area contributed by atoms with Crippen molar-refractivity contribution < 1.29 is 13.3 Å². The standard InChI is InChI=1S/C26H27F2N5OS/c1-17-14-24(31-34-17)20-5-4-18-8-11-33(12-9-19(18)15-20)10-3-13-35-26-30-29-25(32(26)2)22-7-6-21(27)16-23(22)28/h4-7,14-16H,3,8-13H2,1-2H3. The van der Waals surface area contributed by atoms with Crippen molar-refractivity contribution in [2.45, 2.75) is 31.3 Å². The first-order chi connectivity index (χ1) is 17.0. The number of thioether (sulfide) groups is 1. The Morgan fingerprint density at radius 2 is 1.83 bits per heavy atom. The summed E-state index contributed by atoms with van der Waals surface area (Å²) in [6.45, 7) is 4.98. The van der Waals surface area contributed by atoms with E-state index in [-0.39, 0.29) is 5.56 Å². The maximum Gasteiger partial charge on any atom is 0.191 e. The van der Waals surface area contributed by atoms with Crippen LogP contribution in [0, 0.1) is 18.6 Å². The lowest BCUT2D eigenvalue weighted by atomic mass is 9.99. The fraction of sp³-hybridized carbons (Fsp3) is 0.346. The van der Waals surface area contributed by atoms with Gasteiger partial charge < -0.3 is 14.0 Å². The number of fused-ring (bicyclic) bond motifs is 1. The van der Waals surface area contributed by atoms with Crippen molar-refractivity contribution in [2.24, 2.45) is 7.05 Å². The zero-order valence-electron chi connectivity index (χ0n) is 19.8. The Morgan fingerprint density at radius 1 is 1.00 bits per heavy atom. The Balaban J connectivity index is 1.13. The number of benzene rings is 2. The lowest BCUT2D eigenvalue weighted by Crippen LogP contribution is -2.27. The lowest BCUT2D eigenvalue weighted by molar-refractivity contribution is 0.289. The van der Waals surface area contributed by atoms with Crippen LogP contribution < -0.4 is 0 Å². The average molecular weight is 496 g/mol. The molecule has 0 N–H and O–H groups in total. The highest BCUT2D eigenvalue weighted by Crippen LogP contribution is 2.27. The zero-order valence-corrected chi connectivity index (χ0v) is 20.6. The van der Waals surface area contributed by atoms with Gasteiger partial charge in [0.2, 0.25) is 0 Å². The van der Waals surface area contributed by atoms with Gasteiger partial charge in [-0.25, -0.2) is 8.78 Å². The molecule has 0 atom stereocenters. The second-order valence-corrected chi connectivity index (χ2v) is 9.90. The van der Waals surface area contributed by atoms with Gasteiger partial charge in [-0.1, -0.05) is 29.1 Å². The van der Waals surface area contributed by atoms with E-state index in [1.807, 2.05) is 13.0 Å². The largest absolute Gasteiger partial charge is 0.361 e. The quantitative estimate of drug-likeness (QED) is 0.256. The van der Waals surface area contributed by atoms with E-state index >= 15 is 0 Å². The molecule has 0 radical (unpaired) electrons. The second-order valence-electron chi connectivity index (χ2n) is 8.84. The summed E-state index contributed by atoms with van der Waals surface area (Å²) in [4.78, 5) is 2.51. The summed E-state index contributed by atoms with van der Waals surface area (Å²) < 4.78 is 34.4. The number of aromatic nitrogens is 4. The molecule has 0 saturated heterocycles. The Labute approximate surface area is 207 Å². The molecule has 0 bridgehead atoms. The van der Waals surface area contributed by atoms with Crippen LogP contribution in [0.2, 0.25) is 0 Å². The second kappa shape index (κ2) is 10.3. The SMILES string of the molecule is Cc1cc(-c2ccc3c(c2)CCN(CCCSc2nnc(-c4ccc(F)cc4F)n2C)CC3)no1. The number of halogens is 2. The van der Waals surface area contributed by atoms with E-state index in [9.17, 15) is 8.78 Å². The Hall–Kier alpha value is -3.04. The van der Waals surface area contributed by atoms with E-state index in [0.717, 1.165) is 72.9 Å². The van der Waals surface area contributed by atoms with Gasteiger partial charge in [-0.15, -0.1) is 10.2 Å². The van der Waals surface area contributed by atoms with E-state index < -0.39 is 11.6 Å². The van der Waals surface area contributed by atoms with Crippen molar-refractivity contribution in [1.29, 1.82) is 0 Å². The Bertz CT molecular complexity index is 1340. The van der Waals surface area contributed by atoms with Gasteiger partial charge in [0.15, 0.2) is 11.0 Å². The molecule has 182 valence electrons. The highest BCUT2D eigenvalue weighted by molar-refractivity contribution is 7.99. The summed E-state index contributed by atoms with van der Waals surface area (Å²) >= 11 is 1.60. The minimum atomic E-state index is -0.637. The van der Waals surface area contributed by atoms with Crippen LogP contribution in [0.1, 0.15) is 23.3 Å². The summed E-state index contributed by atoms with van der Waals surface area (Å²) in [7, 11) is 1.81. The van der Waals surface area contributed by atoms with Gasteiger partial charge in [-0.05, 0) is 62.1 Å². The highest BCUT2D eigenvalue weighted by Gasteiger charge is 2.17. The van der Waals surface area contributed by atoms with Crippen LogP contribution in [0.5, 0.6) is 0 Å². The Kier molecular flexibility index (Phi) is 6.97. The van der Waals surface area contributed by atoms with Gasteiger partial charge in [0.1, 0.15) is 23.1 Å². The zero-order chi connectivity index (χ0) is 24.4. The van der Waals surface area contributed by atoms with Crippen molar-refractivity contribution >= 4 is 11.8 Å². The number of aryl methyl sites for hydroxylation is 1.